The van der Waals surface area contributed by atoms with Gasteiger partial charge < -0.3 is 0 Å². The van der Waals surface area contributed by atoms with Crippen LogP contribution < -0.4 is 5.32 Å². The van der Waals surface area contributed by atoms with E-state index in [-0.39, 0.29) is 5.75 Å². The average molecular weight is 276 g/mol. The molecule has 4 nitrogen and oxygen atoms in total. The summed E-state index contributed by atoms with van der Waals surface area (Å²) in [7, 11) is -2.89. The van der Waals surface area contributed by atoms with Gasteiger partial charge in [-0.1, -0.05) is 6.92 Å². The first-order valence-corrected chi connectivity index (χ1v) is 9.07. The van der Waals surface area contributed by atoms with Gasteiger partial charge in [-0.2, -0.15) is 17.0 Å². The molecule has 1 unspecified atom stereocenters. The van der Waals surface area contributed by atoms with Crippen LogP contribution in [0.3, 0.4) is 0 Å². The molecule has 1 N–H and O–H groups in total. The van der Waals surface area contributed by atoms with E-state index in [0.717, 1.165) is 19.4 Å². The second-order valence-electron chi connectivity index (χ2n) is 4.57. The molecule has 0 aromatic carbocycles. The van der Waals surface area contributed by atoms with E-state index < -0.39 is 15.4 Å². The van der Waals surface area contributed by atoms with Crippen LogP contribution in [-0.2, 0) is 9.84 Å². The van der Waals surface area contributed by atoms with Gasteiger partial charge in [0.25, 0.3) is 0 Å². The highest BCUT2D eigenvalue weighted by Gasteiger charge is 2.44. The largest absolute Gasteiger partial charge is 0.299 e. The van der Waals surface area contributed by atoms with Crippen LogP contribution in [0.2, 0.25) is 0 Å². The number of rotatable bonds is 8. The molecule has 1 aliphatic rings. The van der Waals surface area contributed by atoms with Gasteiger partial charge in [0.15, 0.2) is 0 Å². The van der Waals surface area contributed by atoms with E-state index in [4.69, 9.17) is 0 Å². The SMILES string of the molecule is CCNC(C#N)(CSCCS(C)(=O)=O)C1CC1. The van der Waals surface area contributed by atoms with Gasteiger partial charge >= 0.3 is 0 Å². The van der Waals surface area contributed by atoms with E-state index in [2.05, 4.69) is 11.4 Å². The Kier molecular flexibility index (Phi) is 5.29. The summed E-state index contributed by atoms with van der Waals surface area (Å²) in [4.78, 5) is 0. The van der Waals surface area contributed by atoms with E-state index in [1.165, 1.54) is 6.26 Å². The molecule has 1 saturated carbocycles. The molecule has 0 aliphatic heterocycles. The maximum absolute atomic E-state index is 11.0. The predicted molar refractivity (Wildman–Crippen MR) is 71.8 cm³/mol. The lowest BCUT2D eigenvalue weighted by Gasteiger charge is -2.27. The normalized spacial score (nSPS) is 19.6. The Hall–Kier alpha value is -0.250. The molecule has 0 bridgehead atoms. The molecular formula is C11H20N2O2S2. The van der Waals surface area contributed by atoms with Crippen molar-refractivity contribution >= 4 is 21.6 Å². The zero-order valence-electron chi connectivity index (χ0n) is 10.4. The minimum atomic E-state index is -2.89. The second-order valence-corrected chi connectivity index (χ2v) is 7.94. The summed E-state index contributed by atoms with van der Waals surface area (Å²) in [5.41, 5.74) is -0.447. The van der Waals surface area contributed by atoms with Crippen LogP contribution in [0, 0.1) is 17.2 Å². The number of sulfone groups is 1. The van der Waals surface area contributed by atoms with Gasteiger partial charge in [-0.3, -0.25) is 5.32 Å². The summed E-state index contributed by atoms with van der Waals surface area (Å²) < 4.78 is 22.0. The van der Waals surface area contributed by atoms with Crippen molar-refractivity contribution in [2.45, 2.75) is 25.3 Å². The van der Waals surface area contributed by atoms with Crippen molar-refractivity contribution in [3.63, 3.8) is 0 Å². The molecule has 0 amide bonds. The van der Waals surface area contributed by atoms with E-state index >= 15 is 0 Å². The summed E-state index contributed by atoms with van der Waals surface area (Å²) >= 11 is 1.56. The maximum atomic E-state index is 11.0. The van der Waals surface area contributed by atoms with Crippen molar-refractivity contribution in [3.05, 3.63) is 0 Å². The molecule has 98 valence electrons. The standard InChI is InChI=1S/C11H20N2O2S2/c1-3-13-11(8-12,10-4-5-10)9-16-6-7-17(2,14)15/h10,13H,3-7,9H2,1-2H3. The van der Waals surface area contributed by atoms with Crippen molar-refractivity contribution in [1.82, 2.24) is 5.32 Å². The highest BCUT2D eigenvalue weighted by atomic mass is 32.2. The lowest BCUT2D eigenvalue weighted by molar-refractivity contribution is 0.416. The lowest BCUT2D eigenvalue weighted by atomic mass is 9.98. The first kappa shape index (κ1) is 14.8. The van der Waals surface area contributed by atoms with Crippen molar-refractivity contribution in [1.29, 1.82) is 5.26 Å². The molecular weight excluding hydrogens is 256 g/mol. The summed E-state index contributed by atoms with van der Waals surface area (Å²) in [6, 6.07) is 2.39. The van der Waals surface area contributed by atoms with Gasteiger partial charge in [0.05, 0.1) is 11.8 Å². The van der Waals surface area contributed by atoms with E-state index in [9.17, 15) is 13.7 Å². The van der Waals surface area contributed by atoms with Crippen LogP contribution in [0.4, 0.5) is 0 Å². The molecule has 17 heavy (non-hydrogen) atoms. The van der Waals surface area contributed by atoms with Crippen molar-refractivity contribution in [2.75, 3.05) is 30.1 Å². The van der Waals surface area contributed by atoms with Crippen molar-refractivity contribution < 1.29 is 8.42 Å². The quantitative estimate of drug-likeness (QED) is 0.671. The Morgan fingerprint density at radius 3 is 2.59 bits per heavy atom. The second kappa shape index (κ2) is 6.07. The average Bonchev–Trinajstić information content (AvgIpc) is 3.05. The molecule has 0 spiro atoms. The number of hydrogen-bond acceptors (Lipinski definition) is 5. The fraction of sp³-hybridized carbons (Fsp3) is 0.909. The zero-order valence-corrected chi connectivity index (χ0v) is 12.0. The summed E-state index contributed by atoms with van der Waals surface area (Å²) in [6.07, 6.45) is 3.46. The monoisotopic (exact) mass is 276 g/mol. The predicted octanol–water partition coefficient (Wildman–Crippen LogP) is 1.05. The van der Waals surface area contributed by atoms with Gasteiger partial charge in [0, 0.05) is 17.8 Å². The Balaban J connectivity index is 2.42. The molecule has 0 radical (unpaired) electrons. The van der Waals surface area contributed by atoms with Crippen LogP contribution >= 0.6 is 11.8 Å². The first-order valence-electron chi connectivity index (χ1n) is 5.85. The topological polar surface area (TPSA) is 70.0 Å². The Morgan fingerprint density at radius 1 is 1.53 bits per heavy atom. The highest BCUT2D eigenvalue weighted by Crippen LogP contribution is 2.41. The third-order valence-electron chi connectivity index (χ3n) is 2.89. The molecule has 0 heterocycles. The molecule has 1 rings (SSSR count). The van der Waals surface area contributed by atoms with Gasteiger partial charge in [-0.15, -0.1) is 0 Å². The summed E-state index contributed by atoms with van der Waals surface area (Å²) in [5, 5.41) is 12.6. The molecule has 0 saturated heterocycles. The number of nitrogens with zero attached hydrogens (tertiary/aromatic N) is 1. The summed E-state index contributed by atoms with van der Waals surface area (Å²) in [6.45, 7) is 2.77. The van der Waals surface area contributed by atoms with Crippen molar-refractivity contribution in [2.24, 2.45) is 5.92 Å². The summed E-state index contributed by atoms with van der Waals surface area (Å²) in [5.74, 6) is 1.88. The van der Waals surface area contributed by atoms with E-state index in [0.29, 0.717) is 17.4 Å². The van der Waals surface area contributed by atoms with Crippen LogP contribution in [0.15, 0.2) is 0 Å². The smallest absolute Gasteiger partial charge is 0.148 e. The molecule has 1 atom stereocenters. The number of nitriles is 1. The Bertz CT molecular complexity index is 385. The maximum Gasteiger partial charge on any atom is 0.148 e. The van der Waals surface area contributed by atoms with E-state index in [1.54, 1.807) is 11.8 Å². The molecule has 1 aliphatic carbocycles. The van der Waals surface area contributed by atoms with Gasteiger partial charge in [0.2, 0.25) is 0 Å². The molecule has 0 aromatic heterocycles. The van der Waals surface area contributed by atoms with Crippen molar-refractivity contribution in [3.8, 4) is 6.07 Å². The zero-order chi connectivity index (χ0) is 12.9. The highest BCUT2D eigenvalue weighted by molar-refractivity contribution is 8.00. The van der Waals surface area contributed by atoms with Gasteiger partial charge in [-0.05, 0) is 25.3 Å². The Labute approximate surface area is 108 Å². The van der Waals surface area contributed by atoms with Crippen LogP contribution in [0.25, 0.3) is 0 Å². The fourth-order valence-electron chi connectivity index (χ4n) is 1.81. The minimum Gasteiger partial charge on any atom is -0.299 e. The minimum absolute atomic E-state index is 0.190. The number of thioether (sulfide) groups is 1. The Morgan fingerprint density at radius 2 is 2.18 bits per heavy atom. The molecule has 1 fully saturated rings. The number of hydrogen-bond donors (Lipinski definition) is 1. The first-order chi connectivity index (χ1) is 7.93. The molecule has 6 heteroatoms. The van der Waals surface area contributed by atoms with E-state index in [1.807, 2.05) is 6.92 Å². The van der Waals surface area contributed by atoms with Crippen LogP contribution in [-0.4, -0.2) is 44.0 Å². The third kappa shape index (κ3) is 4.86. The van der Waals surface area contributed by atoms with Gasteiger partial charge in [-0.25, -0.2) is 8.42 Å². The fourth-order valence-corrected chi connectivity index (χ4v) is 4.36. The van der Waals surface area contributed by atoms with Crippen LogP contribution in [0.1, 0.15) is 19.8 Å². The lowest BCUT2D eigenvalue weighted by Crippen LogP contribution is -2.48. The van der Waals surface area contributed by atoms with Gasteiger partial charge in [0.1, 0.15) is 15.4 Å². The van der Waals surface area contributed by atoms with Crippen LogP contribution in [0.5, 0.6) is 0 Å². The molecule has 0 aromatic rings. The number of nitrogens with one attached hydrogen (secondary N) is 1. The third-order valence-corrected chi connectivity index (χ3v) is 5.25.